The Bertz CT molecular complexity index is 269. The summed E-state index contributed by atoms with van der Waals surface area (Å²) in [6.45, 7) is 0.879. The van der Waals surface area contributed by atoms with E-state index < -0.39 is 0 Å². The first-order valence-electron chi connectivity index (χ1n) is 11.1. The summed E-state index contributed by atoms with van der Waals surface area (Å²) in [4.78, 5) is 0. The lowest BCUT2D eigenvalue weighted by Crippen LogP contribution is -2.28. The third-order valence-electron chi connectivity index (χ3n) is 6.75. The first-order valence-corrected chi connectivity index (χ1v) is 11.1. The van der Waals surface area contributed by atoms with Crippen LogP contribution >= 0.6 is 0 Å². The fourth-order valence-electron chi connectivity index (χ4n) is 5.39. The normalized spacial score (nSPS) is 26.5. The highest BCUT2D eigenvalue weighted by Gasteiger charge is 2.31. The molecule has 0 aromatic heterocycles. The molecule has 2 unspecified atom stereocenters. The Morgan fingerprint density at radius 3 is 1.83 bits per heavy atom. The number of unbranched alkanes of at least 4 members (excludes halogenated alkanes) is 7. The lowest BCUT2D eigenvalue weighted by atomic mass is 9.67. The van der Waals surface area contributed by atoms with Gasteiger partial charge < -0.3 is 5.73 Å². The van der Waals surface area contributed by atoms with Gasteiger partial charge in [0.15, 0.2) is 0 Å². The highest BCUT2D eigenvalue weighted by Crippen LogP contribution is 2.43. The van der Waals surface area contributed by atoms with E-state index in [-0.39, 0.29) is 0 Å². The quantitative estimate of drug-likeness (QED) is 0.414. The van der Waals surface area contributed by atoms with E-state index in [1.165, 1.54) is 83.5 Å². The van der Waals surface area contributed by atoms with Crippen LogP contribution in [0.25, 0.3) is 0 Å². The molecule has 136 valence electrons. The molecule has 2 N–H and O–H groups in total. The molecule has 2 rings (SSSR count). The Morgan fingerprint density at radius 1 is 0.565 bits per heavy atom. The standard InChI is InChI=1S/C22H43N/c23-19-13-6-4-2-1-3-5-8-14-21-17-11-12-18-22(21)20-15-9-7-10-16-20/h20-22H,1-19,23H2. The zero-order valence-electron chi connectivity index (χ0n) is 15.7. The zero-order chi connectivity index (χ0) is 16.2. The zero-order valence-corrected chi connectivity index (χ0v) is 15.7. The van der Waals surface area contributed by atoms with E-state index in [2.05, 4.69) is 0 Å². The first kappa shape index (κ1) is 19.3. The first-order chi connectivity index (χ1) is 11.4. The van der Waals surface area contributed by atoms with Gasteiger partial charge in [0, 0.05) is 0 Å². The molecule has 0 bridgehead atoms. The van der Waals surface area contributed by atoms with Crippen molar-refractivity contribution in [1.29, 1.82) is 0 Å². The van der Waals surface area contributed by atoms with Gasteiger partial charge in [0.25, 0.3) is 0 Å². The van der Waals surface area contributed by atoms with Gasteiger partial charge in [0.05, 0.1) is 0 Å². The molecule has 0 radical (unpaired) electrons. The number of rotatable bonds is 11. The Morgan fingerprint density at radius 2 is 1.13 bits per heavy atom. The van der Waals surface area contributed by atoms with Crippen molar-refractivity contribution in [1.82, 2.24) is 0 Å². The molecule has 0 amide bonds. The van der Waals surface area contributed by atoms with Crippen molar-refractivity contribution in [2.45, 2.75) is 116 Å². The Kier molecular flexibility index (Phi) is 10.3. The maximum atomic E-state index is 5.54. The van der Waals surface area contributed by atoms with Gasteiger partial charge in [-0.05, 0) is 37.1 Å². The molecule has 0 spiro atoms. The molecule has 2 atom stereocenters. The van der Waals surface area contributed by atoms with Crippen LogP contribution in [0.4, 0.5) is 0 Å². The van der Waals surface area contributed by atoms with Gasteiger partial charge in [-0.25, -0.2) is 0 Å². The third-order valence-corrected chi connectivity index (χ3v) is 6.75. The molecule has 0 heterocycles. The molecule has 0 aliphatic heterocycles. The largest absolute Gasteiger partial charge is 0.330 e. The molecular weight excluding hydrogens is 278 g/mol. The fraction of sp³-hybridized carbons (Fsp3) is 1.00. The predicted molar refractivity (Wildman–Crippen MR) is 103 cm³/mol. The summed E-state index contributed by atoms with van der Waals surface area (Å²) in [6.07, 6.45) is 26.8. The lowest BCUT2D eigenvalue weighted by molar-refractivity contribution is 0.120. The predicted octanol–water partition coefficient (Wildman–Crippen LogP) is 6.84. The van der Waals surface area contributed by atoms with Crippen molar-refractivity contribution in [3.63, 3.8) is 0 Å². The van der Waals surface area contributed by atoms with Crippen LogP contribution < -0.4 is 5.73 Å². The van der Waals surface area contributed by atoms with Gasteiger partial charge in [-0.15, -0.1) is 0 Å². The van der Waals surface area contributed by atoms with E-state index in [9.17, 15) is 0 Å². The summed E-state index contributed by atoms with van der Waals surface area (Å²) < 4.78 is 0. The van der Waals surface area contributed by atoms with Gasteiger partial charge >= 0.3 is 0 Å². The van der Waals surface area contributed by atoms with Gasteiger partial charge in [-0.3, -0.25) is 0 Å². The van der Waals surface area contributed by atoms with Gasteiger partial charge in [0.1, 0.15) is 0 Å². The third kappa shape index (κ3) is 7.59. The summed E-state index contributed by atoms with van der Waals surface area (Å²) in [7, 11) is 0. The molecule has 23 heavy (non-hydrogen) atoms. The van der Waals surface area contributed by atoms with E-state index in [1.807, 2.05) is 0 Å². The Hall–Kier alpha value is -0.0400. The average molecular weight is 322 g/mol. The molecule has 2 fully saturated rings. The topological polar surface area (TPSA) is 26.0 Å². The molecule has 2 aliphatic carbocycles. The monoisotopic (exact) mass is 321 g/mol. The maximum absolute atomic E-state index is 5.54. The molecule has 1 heteroatoms. The molecule has 0 aromatic carbocycles. The van der Waals surface area contributed by atoms with Crippen molar-refractivity contribution >= 4 is 0 Å². The number of hydrogen-bond acceptors (Lipinski definition) is 1. The number of hydrogen-bond donors (Lipinski definition) is 1. The summed E-state index contributed by atoms with van der Waals surface area (Å²) >= 11 is 0. The van der Waals surface area contributed by atoms with E-state index in [4.69, 9.17) is 5.73 Å². The summed E-state index contributed by atoms with van der Waals surface area (Å²) in [5, 5.41) is 0. The second kappa shape index (κ2) is 12.3. The smallest absolute Gasteiger partial charge is 0.00773 e. The summed E-state index contributed by atoms with van der Waals surface area (Å²) in [6, 6.07) is 0. The van der Waals surface area contributed by atoms with Gasteiger partial charge in [0.2, 0.25) is 0 Å². The highest BCUT2D eigenvalue weighted by molar-refractivity contribution is 4.82. The molecule has 2 saturated carbocycles. The molecule has 1 nitrogen and oxygen atoms in total. The molecule has 0 aromatic rings. The lowest BCUT2D eigenvalue weighted by Gasteiger charge is -2.39. The minimum atomic E-state index is 0.879. The average Bonchev–Trinajstić information content (AvgIpc) is 2.61. The van der Waals surface area contributed by atoms with Crippen LogP contribution in [0, 0.1) is 17.8 Å². The van der Waals surface area contributed by atoms with Gasteiger partial charge in [-0.2, -0.15) is 0 Å². The van der Waals surface area contributed by atoms with Crippen LogP contribution in [0.3, 0.4) is 0 Å². The molecule has 0 saturated heterocycles. The molecular formula is C22H43N. The van der Waals surface area contributed by atoms with Crippen molar-refractivity contribution < 1.29 is 0 Å². The highest BCUT2D eigenvalue weighted by atomic mass is 14.5. The summed E-state index contributed by atoms with van der Waals surface area (Å²) in [5.41, 5.74) is 5.54. The van der Waals surface area contributed by atoms with Crippen LogP contribution in [-0.4, -0.2) is 6.54 Å². The molecule has 2 aliphatic rings. The SMILES string of the molecule is NCCCCCCCCCCC1CCCCC1C1CCCCC1. The van der Waals surface area contributed by atoms with Crippen LogP contribution in [0.1, 0.15) is 116 Å². The van der Waals surface area contributed by atoms with Crippen LogP contribution in [0.2, 0.25) is 0 Å². The van der Waals surface area contributed by atoms with Crippen molar-refractivity contribution in [3.05, 3.63) is 0 Å². The van der Waals surface area contributed by atoms with Crippen molar-refractivity contribution in [3.8, 4) is 0 Å². The fourth-order valence-corrected chi connectivity index (χ4v) is 5.39. The van der Waals surface area contributed by atoms with E-state index in [1.54, 1.807) is 32.1 Å². The second-order valence-electron chi connectivity index (χ2n) is 8.51. The van der Waals surface area contributed by atoms with Crippen molar-refractivity contribution in [2.75, 3.05) is 6.54 Å². The Balaban J connectivity index is 1.54. The van der Waals surface area contributed by atoms with Crippen LogP contribution in [0.15, 0.2) is 0 Å². The Labute approximate surface area is 146 Å². The van der Waals surface area contributed by atoms with E-state index in [0.29, 0.717) is 0 Å². The second-order valence-corrected chi connectivity index (χ2v) is 8.51. The van der Waals surface area contributed by atoms with Crippen molar-refractivity contribution in [2.24, 2.45) is 23.5 Å². The van der Waals surface area contributed by atoms with E-state index >= 15 is 0 Å². The number of nitrogens with two attached hydrogens (primary N) is 1. The summed E-state index contributed by atoms with van der Waals surface area (Å²) in [5.74, 6) is 3.31. The minimum Gasteiger partial charge on any atom is -0.330 e. The maximum Gasteiger partial charge on any atom is -0.00773 e. The van der Waals surface area contributed by atoms with Crippen LogP contribution in [-0.2, 0) is 0 Å². The van der Waals surface area contributed by atoms with Gasteiger partial charge in [-0.1, -0.05) is 103 Å². The van der Waals surface area contributed by atoms with E-state index in [0.717, 1.165) is 24.3 Å². The van der Waals surface area contributed by atoms with Crippen LogP contribution in [0.5, 0.6) is 0 Å². The minimum absolute atomic E-state index is 0.879.